The maximum atomic E-state index is 7.12. The van der Waals surface area contributed by atoms with Crippen LogP contribution in [0.25, 0.3) is 5.32 Å². The van der Waals surface area contributed by atoms with Crippen molar-refractivity contribution in [2.75, 3.05) is 20.3 Å². The lowest BCUT2D eigenvalue weighted by Crippen LogP contribution is -2.29. The number of nitrogens with zero attached hydrogens (tertiary/aromatic N) is 3. The zero-order valence-corrected chi connectivity index (χ0v) is 6.96. The molecule has 0 atom stereocenters. The summed E-state index contributed by atoms with van der Waals surface area (Å²) in [5, 5.41) is 11.3. The van der Waals surface area contributed by atoms with Crippen molar-refractivity contribution in [1.82, 2.24) is 4.90 Å². The monoisotopic (exact) mass is 153 g/mol. The largest absolute Gasteiger partial charge is 0.455 e. The molecule has 0 saturated carbocycles. The molecule has 0 aromatic rings. The van der Waals surface area contributed by atoms with Gasteiger partial charge in [0, 0.05) is 19.0 Å². The fourth-order valence-corrected chi connectivity index (χ4v) is 0.928. The highest BCUT2D eigenvalue weighted by Gasteiger charge is 2.01. The van der Waals surface area contributed by atoms with E-state index in [-0.39, 0.29) is 0 Å². The number of hydrogen-bond acceptors (Lipinski definition) is 2. The van der Waals surface area contributed by atoms with Crippen LogP contribution in [0.15, 0.2) is 4.99 Å². The highest BCUT2D eigenvalue weighted by atomic mass is 15.2. The number of aliphatic imine (C=N–C) groups is 1. The number of rotatable bonds is 0. The van der Waals surface area contributed by atoms with Gasteiger partial charge in [0.2, 0.25) is 0 Å². The molecule has 62 valence electrons. The summed E-state index contributed by atoms with van der Waals surface area (Å²) in [5.74, 6) is 1.16. The van der Waals surface area contributed by atoms with Gasteiger partial charge in [-0.25, -0.2) is 0 Å². The van der Waals surface area contributed by atoms with E-state index in [4.69, 9.17) is 5.41 Å². The van der Waals surface area contributed by atoms with Crippen molar-refractivity contribution in [3.05, 3.63) is 5.32 Å². The Balaban J connectivity index is 2.45. The summed E-state index contributed by atoms with van der Waals surface area (Å²) in [7, 11) is 2.03. The molecule has 0 aromatic heterocycles. The lowest BCUT2D eigenvalue weighted by molar-refractivity contribution is 0.365. The van der Waals surface area contributed by atoms with Gasteiger partial charge < -0.3 is 20.6 Å². The summed E-state index contributed by atoms with van der Waals surface area (Å²) in [6.07, 6.45) is 0.868. The molecule has 1 aliphatic heterocycles. The SMILES string of the molecule is CC(=N)N=C1CCN(C)C[N-]1. The van der Waals surface area contributed by atoms with E-state index in [1.807, 2.05) is 7.05 Å². The molecule has 1 rings (SSSR count). The van der Waals surface area contributed by atoms with Gasteiger partial charge in [-0.2, -0.15) is 0 Å². The third-order valence-electron chi connectivity index (χ3n) is 1.51. The molecule has 1 aliphatic rings. The number of nitrogens with one attached hydrogen (secondary N) is 1. The molecule has 11 heavy (non-hydrogen) atoms. The average Bonchev–Trinajstić information content (AvgIpc) is 1.93. The van der Waals surface area contributed by atoms with Crippen LogP contribution in [-0.4, -0.2) is 36.8 Å². The van der Waals surface area contributed by atoms with Crippen molar-refractivity contribution >= 4 is 11.7 Å². The van der Waals surface area contributed by atoms with Gasteiger partial charge in [-0.3, -0.25) is 0 Å². The second kappa shape index (κ2) is 3.48. The maximum Gasteiger partial charge on any atom is 0.0150 e. The van der Waals surface area contributed by atoms with Gasteiger partial charge in [0.15, 0.2) is 0 Å². The predicted molar refractivity (Wildman–Crippen MR) is 46.3 cm³/mol. The number of amidine groups is 2. The van der Waals surface area contributed by atoms with Crippen LogP contribution in [-0.2, 0) is 0 Å². The third-order valence-corrected chi connectivity index (χ3v) is 1.51. The van der Waals surface area contributed by atoms with E-state index in [9.17, 15) is 0 Å². The second-order valence-corrected chi connectivity index (χ2v) is 2.74. The molecule has 0 unspecified atom stereocenters. The summed E-state index contributed by atoms with van der Waals surface area (Å²) in [6.45, 7) is 3.38. The van der Waals surface area contributed by atoms with Crippen molar-refractivity contribution in [2.24, 2.45) is 4.99 Å². The zero-order chi connectivity index (χ0) is 8.27. The molecule has 1 saturated heterocycles. The standard InChI is InChI=1S/C7H13N4/c1-6(8)10-7-3-4-11(2)5-9-7/h3-5H2,1-2H3,(H-,8,9,10)/q-1. The molecule has 1 heterocycles. The van der Waals surface area contributed by atoms with Gasteiger partial charge in [0.05, 0.1) is 0 Å². The summed E-state index contributed by atoms with van der Waals surface area (Å²) in [4.78, 5) is 6.10. The summed E-state index contributed by atoms with van der Waals surface area (Å²) in [5.41, 5.74) is 0. The van der Waals surface area contributed by atoms with Gasteiger partial charge in [0.25, 0.3) is 0 Å². The quantitative estimate of drug-likeness (QED) is 0.410. The third kappa shape index (κ3) is 2.67. The van der Waals surface area contributed by atoms with E-state index in [2.05, 4.69) is 15.2 Å². The lowest BCUT2D eigenvalue weighted by atomic mass is 10.3. The van der Waals surface area contributed by atoms with Crippen LogP contribution in [0.2, 0.25) is 0 Å². The Bertz CT molecular complexity index is 175. The van der Waals surface area contributed by atoms with E-state index in [1.54, 1.807) is 6.92 Å². The number of hydrogen-bond donors (Lipinski definition) is 1. The Morgan fingerprint density at radius 1 is 1.73 bits per heavy atom. The molecule has 0 bridgehead atoms. The Morgan fingerprint density at radius 2 is 2.45 bits per heavy atom. The molecule has 0 amide bonds. The first-order valence-electron chi connectivity index (χ1n) is 3.67. The van der Waals surface area contributed by atoms with Crippen molar-refractivity contribution in [3.8, 4) is 0 Å². The fourth-order valence-electron chi connectivity index (χ4n) is 0.928. The van der Waals surface area contributed by atoms with Gasteiger partial charge in [-0.05, 0) is 20.4 Å². The molecule has 4 heteroatoms. The van der Waals surface area contributed by atoms with E-state index in [0.29, 0.717) is 12.5 Å². The van der Waals surface area contributed by atoms with Crippen LogP contribution in [0.1, 0.15) is 13.3 Å². The van der Waals surface area contributed by atoms with Crippen LogP contribution in [0, 0.1) is 5.41 Å². The van der Waals surface area contributed by atoms with E-state index in [0.717, 1.165) is 18.8 Å². The molecule has 1 N–H and O–H groups in total. The summed E-state index contributed by atoms with van der Waals surface area (Å²) >= 11 is 0. The zero-order valence-electron chi connectivity index (χ0n) is 6.96. The molecule has 0 radical (unpaired) electrons. The molecule has 1 fully saturated rings. The fraction of sp³-hybridized carbons (Fsp3) is 0.714. The Hall–Kier alpha value is -0.900. The van der Waals surface area contributed by atoms with E-state index in [1.165, 1.54) is 0 Å². The highest BCUT2D eigenvalue weighted by molar-refractivity contribution is 6.02. The van der Waals surface area contributed by atoms with Crippen LogP contribution in [0.4, 0.5) is 0 Å². The minimum absolute atomic E-state index is 0.341. The van der Waals surface area contributed by atoms with E-state index < -0.39 is 0 Å². The molecular formula is C7H13N4-. The van der Waals surface area contributed by atoms with Crippen LogP contribution in [0.5, 0.6) is 0 Å². The minimum atomic E-state index is 0.341. The van der Waals surface area contributed by atoms with Gasteiger partial charge in [-0.1, -0.05) is 5.84 Å². The minimum Gasteiger partial charge on any atom is -0.455 e. The molecular weight excluding hydrogens is 140 g/mol. The smallest absolute Gasteiger partial charge is 0.0150 e. The van der Waals surface area contributed by atoms with Crippen molar-refractivity contribution in [2.45, 2.75) is 13.3 Å². The van der Waals surface area contributed by atoms with Crippen LogP contribution >= 0.6 is 0 Å². The second-order valence-electron chi connectivity index (χ2n) is 2.74. The first kappa shape index (κ1) is 8.20. The topological polar surface area (TPSA) is 53.6 Å². The van der Waals surface area contributed by atoms with Gasteiger partial charge >= 0.3 is 0 Å². The van der Waals surface area contributed by atoms with Crippen molar-refractivity contribution in [3.63, 3.8) is 0 Å². The normalized spacial score (nSPS) is 23.3. The molecule has 0 aromatic carbocycles. The highest BCUT2D eigenvalue weighted by Crippen LogP contribution is 2.07. The summed E-state index contributed by atoms with van der Waals surface area (Å²) in [6, 6.07) is 0. The first-order chi connectivity index (χ1) is 5.18. The first-order valence-corrected chi connectivity index (χ1v) is 3.67. The Kier molecular flexibility index (Phi) is 2.59. The van der Waals surface area contributed by atoms with Crippen LogP contribution < -0.4 is 0 Å². The summed E-state index contributed by atoms with van der Waals surface area (Å²) < 4.78 is 0. The van der Waals surface area contributed by atoms with Crippen molar-refractivity contribution < 1.29 is 0 Å². The van der Waals surface area contributed by atoms with Gasteiger partial charge in [-0.15, -0.1) is 0 Å². The molecule has 0 spiro atoms. The predicted octanol–water partition coefficient (Wildman–Crippen LogP) is 1.05. The van der Waals surface area contributed by atoms with Crippen LogP contribution in [0.3, 0.4) is 0 Å². The maximum absolute atomic E-state index is 7.12. The average molecular weight is 153 g/mol. The lowest BCUT2D eigenvalue weighted by Gasteiger charge is -2.31. The van der Waals surface area contributed by atoms with Crippen molar-refractivity contribution in [1.29, 1.82) is 5.41 Å². The molecule has 0 aliphatic carbocycles. The van der Waals surface area contributed by atoms with E-state index >= 15 is 0 Å². The Morgan fingerprint density at radius 3 is 2.91 bits per heavy atom. The van der Waals surface area contributed by atoms with Gasteiger partial charge in [0.1, 0.15) is 0 Å². The molecule has 4 nitrogen and oxygen atoms in total. The Labute approximate surface area is 66.8 Å².